The maximum absolute atomic E-state index is 5.96. The molecule has 132 valence electrons. The molecule has 0 N–H and O–H groups in total. The molecule has 5 nitrogen and oxygen atoms in total. The van der Waals surface area contributed by atoms with Crippen LogP contribution in [-0.4, -0.2) is 10.1 Å². The van der Waals surface area contributed by atoms with E-state index < -0.39 is 0 Å². The van der Waals surface area contributed by atoms with Gasteiger partial charge >= 0.3 is 0 Å². The quantitative estimate of drug-likeness (QED) is 0.390. The number of aromatic nitrogens is 2. The molecule has 0 aliphatic rings. The Hall–Kier alpha value is -3.38. The molecule has 0 radical (unpaired) electrons. The number of nitrogens with zero attached hydrogens (tertiary/aromatic N) is 2. The first kappa shape index (κ1) is 15.8. The molecule has 0 saturated heterocycles. The van der Waals surface area contributed by atoms with Crippen molar-refractivity contribution in [1.82, 2.24) is 10.1 Å². The Labute approximate surface area is 158 Å². The summed E-state index contributed by atoms with van der Waals surface area (Å²) in [6.45, 7) is 0.319. The van der Waals surface area contributed by atoms with E-state index in [1.165, 1.54) is 0 Å². The molecule has 0 aliphatic carbocycles. The number of furan rings is 1. The normalized spacial score (nSPS) is 11.1. The molecule has 0 fully saturated rings. The second-order valence-corrected chi connectivity index (χ2v) is 6.88. The smallest absolute Gasteiger partial charge is 0.293 e. The summed E-state index contributed by atoms with van der Waals surface area (Å²) in [5, 5.41) is 8.19. The van der Waals surface area contributed by atoms with Gasteiger partial charge in [0.1, 0.15) is 18.1 Å². The van der Waals surface area contributed by atoms with E-state index in [0.29, 0.717) is 29.8 Å². The summed E-state index contributed by atoms with van der Waals surface area (Å²) in [6.07, 6.45) is 0. The Balaban J connectivity index is 1.34. The van der Waals surface area contributed by atoms with Gasteiger partial charge in [0, 0.05) is 5.39 Å². The van der Waals surface area contributed by atoms with Crippen molar-refractivity contribution in [3.05, 3.63) is 77.9 Å². The van der Waals surface area contributed by atoms with Crippen molar-refractivity contribution in [2.75, 3.05) is 0 Å². The SMILES string of the molecule is c1csc(-c2noc(-c3ccc(COc4cccc5ccccc45)o3)n2)c1. The summed E-state index contributed by atoms with van der Waals surface area (Å²) in [5.41, 5.74) is 0. The minimum Gasteiger partial charge on any atom is -0.485 e. The van der Waals surface area contributed by atoms with Crippen molar-refractivity contribution >= 4 is 22.1 Å². The van der Waals surface area contributed by atoms with E-state index in [0.717, 1.165) is 21.4 Å². The molecule has 0 spiro atoms. The summed E-state index contributed by atoms with van der Waals surface area (Å²) in [4.78, 5) is 5.35. The van der Waals surface area contributed by atoms with Gasteiger partial charge in [-0.15, -0.1) is 11.3 Å². The third-order valence-corrected chi connectivity index (χ3v) is 5.03. The van der Waals surface area contributed by atoms with Gasteiger partial charge < -0.3 is 13.7 Å². The summed E-state index contributed by atoms with van der Waals surface area (Å²) in [7, 11) is 0. The molecule has 0 atom stereocenters. The lowest BCUT2D eigenvalue weighted by molar-refractivity contribution is 0.273. The van der Waals surface area contributed by atoms with Gasteiger partial charge in [0.15, 0.2) is 5.76 Å². The van der Waals surface area contributed by atoms with Gasteiger partial charge in [-0.05, 0) is 35.0 Å². The van der Waals surface area contributed by atoms with E-state index >= 15 is 0 Å². The highest BCUT2D eigenvalue weighted by atomic mass is 32.1. The van der Waals surface area contributed by atoms with E-state index in [4.69, 9.17) is 13.7 Å². The van der Waals surface area contributed by atoms with E-state index in [1.807, 2.05) is 60.0 Å². The molecule has 5 rings (SSSR count). The topological polar surface area (TPSA) is 61.3 Å². The number of thiophene rings is 1. The first-order chi connectivity index (χ1) is 13.4. The lowest BCUT2D eigenvalue weighted by Gasteiger charge is -2.07. The van der Waals surface area contributed by atoms with Gasteiger partial charge in [-0.1, -0.05) is 47.6 Å². The molecule has 0 unspecified atom stereocenters. The van der Waals surface area contributed by atoms with Crippen LogP contribution in [0.1, 0.15) is 5.76 Å². The van der Waals surface area contributed by atoms with Gasteiger partial charge in [-0.3, -0.25) is 0 Å². The molecule has 5 aromatic rings. The summed E-state index contributed by atoms with van der Waals surface area (Å²) < 4.78 is 17.1. The lowest BCUT2D eigenvalue weighted by atomic mass is 10.1. The second-order valence-electron chi connectivity index (χ2n) is 5.93. The van der Waals surface area contributed by atoms with Crippen molar-refractivity contribution in [1.29, 1.82) is 0 Å². The molecule has 27 heavy (non-hydrogen) atoms. The minimum atomic E-state index is 0.319. The van der Waals surface area contributed by atoms with Crippen molar-refractivity contribution in [2.45, 2.75) is 6.61 Å². The molecular formula is C21H14N2O3S. The highest BCUT2D eigenvalue weighted by molar-refractivity contribution is 7.13. The van der Waals surface area contributed by atoms with Crippen LogP contribution in [0, 0.1) is 0 Å². The molecule has 2 aromatic carbocycles. The molecule has 0 bridgehead atoms. The first-order valence-electron chi connectivity index (χ1n) is 8.44. The minimum absolute atomic E-state index is 0.319. The van der Waals surface area contributed by atoms with Crippen LogP contribution in [-0.2, 0) is 6.61 Å². The summed E-state index contributed by atoms with van der Waals surface area (Å²) in [6, 6.07) is 21.7. The van der Waals surface area contributed by atoms with Crippen LogP contribution in [0.3, 0.4) is 0 Å². The maximum atomic E-state index is 5.96. The molecule has 3 aromatic heterocycles. The Kier molecular flexibility index (Phi) is 3.95. The lowest BCUT2D eigenvalue weighted by Crippen LogP contribution is -1.94. The average Bonchev–Trinajstić information content (AvgIpc) is 3.47. The van der Waals surface area contributed by atoms with Gasteiger partial charge in [0.25, 0.3) is 5.89 Å². The van der Waals surface area contributed by atoms with Crippen LogP contribution in [0.25, 0.3) is 33.1 Å². The Morgan fingerprint density at radius 1 is 0.926 bits per heavy atom. The first-order valence-corrected chi connectivity index (χ1v) is 9.32. The molecule has 0 aliphatic heterocycles. The van der Waals surface area contributed by atoms with E-state index in [9.17, 15) is 0 Å². The fraction of sp³-hybridized carbons (Fsp3) is 0.0476. The van der Waals surface area contributed by atoms with Crippen molar-refractivity contribution in [3.63, 3.8) is 0 Å². The van der Waals surface area contributed by atoms with Crippen molar-refractivity contribution < 1.29 is 13.7 Å². The third-order valence-electron chi connectivity index (χ3n) is 4.16. The maximum Gasteiger partial charge on any atom is 0.293 e. The van der Waals surface area contributed by atoms with Crippen LogP contribution in [0.15, 0.2) is 81.1 Å². The molecule has 3 heterocycles. The molecule has 0 saturated carbocycles. The second kappa shape index (κ2) is 6.74. The Morgan fingerprint density at radius 3 is 2.78 bits per heavy atom. The molecular weight excluding hydrogens is 360 g/mol. The molecule has 0 amide bonds. The van der Waals surface area contributed by atoms with Crippen molar-refractivity contribution in [3.8, 4) is 28.1 Å². The van der Waals surface area contributed by atoms with E-state index in [1.54, 1.807) is 11.3 Å². The zero-order valence-electron chi connectivity index (χ0n) is 14.2. The number of fused-ring (bicyclic) bond motifs is 1. The number of benzene rings is 2. The summed E-state index contributed by atoms with van der Waals surface area (Å²) >= 11 is 1.56. The standard InChI is InChI=1S/C21H14N2O3S/c1-2-7-16-14(5-1)6-3-8-17(16)24-13-15-10-11-18(25-15)21-22-20(23-26-21)19-9-4-12-27-19/h1-12H,13H2. The van der Waals surface area contributed by atoms with Gasteiger partial charge in [-0.2, -0.15) is 4.98 Å². The Morgan fingerprint density at radius 2 is 1.85 bits per heavy atom. The fourth-order valence-corrected chi connectivity index (χ4v) is 3.52. The Bertz CT molecular complexity index is 1190. The number of hydrogen-bond donors (Lipinski definition) is 0. The monoisotopic (exact) mass is 374 g/mol. The van der Waals surface area contributed by atoms with Crippen LogP contribution < -0.4 is 4.74 Å². The van der Waals surface area contributed by atoms with Gasteiger partial charge in [-0.25, -0.2) is 0 Å². The third kappa shape index (κ3) is 3.11. The molecule has 6 heteroatoms. The number of rotatable bonds is 5. The predicted octanol–water partition coefficient (Wildman–Crippen LogP) is 5.79. The zero-order chi connectivity index (χ0) is 18.1. The number of ether oxygens (including phenoxy) is 1. The van der Waals surface area contributed by atoms with Gasteiger partial charge in [0.05, 0.1) is 4.88 Å². The number of hydrogen-bond acceptors (Lipinski definition) is 6. The average molecular weight is 374 g/mol. The van der Waals surface area contributed by atoms with Crippen LogP contribution in [0.2, 0.25) is 0 Å². The van der Waals surface area contributed by atoms with Gasteiger partial charge in [0.2, 0.25) is 5.82 Å². The predicted molar refractivity (Wildman–Crippen MR) is 104 cm³/mol. The van der Waals surface area contributed by atoms with E-state index in [2.05, 4.69) is 22.3 Å². The highest BCUT2D eigenvalue weighted by Gasteiger charge is 2.15. The summed E-state index contributed by atoms with van der Waals surface area (Å²) in [5.74, 6) is 2.96. The van der Waals surface area contributed by atoms with Crippen LogP contribution >= 0.6 is 11.3 Å². The van der Waals surface area contributed by atoms with Crippen LogP contribution in [0.5, 0.6) is 5.75 Å². The van der Waals surface area contributed by atoms with Crippen molar-refractivity contribution in [2.24, 2.45) is 0 Å². The highest BCUT2D eigenvalue weighted by Crippen LogP contribution is 2.28. The van der Waals surface area contributed by atoms with Crippen LogP contribution in [0.4, 0.5) is 0 Å². The van der Waals surface area contributed by atoms with E-state index in [-0.39, 0.29) is 0 Å². The largest absolute Gasteiger partial charge is 0.485 e. The fourth-order valence-electron chi connectivity index (χ4n) is 2.87. The zero-order valence-corrected chi connectivity index (χ0v) is 15.0.